The second-order valence-corrected chi connectivity index (χ2v) is 5.64. The lowest BCUT2D eigenvalue weighted by atomic mass is 10.2. The van der Waals surface area contributed by atoms with Gasteiger partial charge in [-0.05, 0) is 24.1 Å². The van der Waals surface area contributed by atoms with E-state index in [0.29, 0.717) is 28.4 Å². The van der Waals surface area contributed by atoms with Crippen molar-refractivity contribution in [2.24, 2.45) is 5.92 Å². The molecule has 0 fully saturated rings. The number of anilines is 1. The summed E-state index contributed by atoms with van der Waals surface area (Å²) in [5.74, 6) is -0.161. The van der Waals surface area contributed by atoms with Gasteiger partial charge in [-0.15, -0.1) is 11.3 Å². The highest BCUT2D eigenvalue weighted by Crippen LogP contribution is 2.33. The van der Waals surface area contributed by atoms with Crippen molar-refractivity contribution in [1.29, 1.82) is 0 Å². The number of hydrogen-bond donors (Lipinski definition) is 2. The Morgan fingerprint density at radius 1 is 1.50 bits per heavy atom. The highest BCUT2D eigenvalue weighted by molar-refractivity contribution is 7.21. The van der Waals surface area contributed by atoms with E-state index in [0.717, 1.165) is 4.70 Å². The molecule has 1 aromatic heterocycles. The third-order valence-electron chi connectivity index (χ3n) is 2.57. The molecule has 0 saturated carbocycles. The van der Waals surface area contributed by atoms with E-state index in [9.17, 15) is 9.18 Å². The summed E-state index contributed by atoms with van der Waals surface area (Å²) in [6, 6.07) is 4.37. The van der Waals surface area contributed by atoms with Gasteiger partial charge in [0.15, 0.2) is 0 Å². The van der Waals surface area contributed by atoms with Crippen LogP contribution in [0.2, 0.25) is 0 Å². The van der Waals surface area contributed by atoms with E-state index >= 15 is 0 Å². The number of amides is 1. The van der Waals surface area contributed by atoms with Gasteiger partial charge in [-0.3, -0.25) is 4.79 Å². The van der Waals surface area contributed by atoms with Crippen LogP contribution in [0.25, 0.3) is 10.1 Å². The monoisotopic (exact) mass is 266 g/mol. The van der Waals surface area contributed by atoms with Gasteiger partial charge in [0, 0.05) is 16.6 Å². The van der Waals surface area contributed by atoms with Crippen molar-refractivity contribution in [3.05, 3.63) is 28.9 Å². The number of hydrogen-bond acceptors (Lipinski definition) is 3. The van der Waals surface area contributed by atoms with Gasteiger partial charge < -0.3 is 11.1 Å². The van der Waals surface area contributed by atoms with Gasteiger partial charge >= 0.3 is 0 Å². The van der Waals surface area contributed by atoms with E-state index in [1.165, 1.54) is 23.5 Å². The van der Waals surface area contributed by atoms with Crippen molar-refractivity contribution in [3.8, 4) is 0 Å². The summed E-state index contributed by atoms with van der Waals surface area (Å²) in [7, 11) is 0. The lowest BCUT2D eigenvalue weighted by Gasteiger charge is -2.06. The van der Waals surface area contributed by atoms with Crippen molar-refractivity contribution >= 4 is 33.0 Å². The first-order chi connectivity index (χ1) is 8.49. The first-order valence-electron chi connectivity index (χ1n) is 5.74. The number of rotatable bonds is 3. The Bertz CT molecular complexity index is 592. The summed E-state index contributed by atoms with van der Waals surface area (Å²) in [5.41, 5.74) is 6.26. The highest BCUT2D eigenvalue weighted by atomic mass is 32.1. The predicted octanol–water partition coefficient (Wildman–Crippen LogP) is 3.01. The Kier molecular flexibility index (Phi) is 3.52. The zero-order chi connectivity index (χ0) is 13.3. The number of nitrogens with one attached hydrogen (secondary N) is 1. The van der Waals surface area contributed by atoms with E-state index < -0.39 is 0 Å². The molecule has 5 heteroatoms. The van der Waals surface area contributed by atoms with Gasteiger partial charge in [-0.25, -0.2) is 4.39 Å². The average molecular weight is 266 g/mol. The number of carbonyl (C=O) groups excluding carboxylic acids is 1. The Labute approximate surface area is 109 Å². The van der Waals surface area contributed by atoms with Gasteiger partial charge in [0.1, 0.15) is 10.7 Å². The molecule has 2 aromatic rings. The third kappa shape index (κ3) is 2.46. The fourth-order valence-corrected chi connectivity index (χ4v) is 2.65. The van der Waals surface area contributed by atoms with Crippen molar-refractivity contribution in [2.45, 2.75) is 13.8 Å². The second-order valence-electron chi connectivity index (χ2n) is 4.59. The zero-order valence-electron chi connectivity index (χ0n) is 10.3. The van der Waals surface area contributed by atoms with Crippen molar-refractivity contribution in [2.75, 3.05) is 12.3 Å². The number of nitrogen functional groups attached to an aromatic ring is 1. The molecule has 3 N–H and O–H groups in total. The number of halogens is 1. The lowest BCUT2D eigenvalue weighted by Crippen LogP contribution is -2.27. The standard InChI is InChI=1S/C13H15FN2OS/c1-7(2)6-16-13(17)12-11(15)9-5-8(14)3-4-10(9)18-12/h3-5,7H,6,15H2,1-2H3,(H,16,17). The number of benzene rings is 1. The van der Waals surface area contributed by atoms with E-state index in [1.54, 1.807) is 6.07 Å². The van der Waals surface area contributed by atoms with Crippen LogP contribution in [0, 0.1) is 11.7 Å². The normalized spacial score (nSPS) is 11.1. The fourth-order valence-electron chi connectivity index (χ4n) is 1.63. The molecule has 18 heavy (non-hydrogen) atoms. The Hall–Kier alpha value is -1.62. The van der Waals surface area contributed by atoms with E-state index in [2.05, 4.69) is 5.32 Å². The molecule has 1 aromatic carbocycles. The summed E-state index contributed by atoms with van der Waals surface area (Å²) < 4.78 is 14.0. The summed E-state index contributed by atoms with van der Waals surface area (Å²) in [5, 5.41) is 3.42. The van der Waals surface area contributed by atoms with Crippen LogP contribution in [0.15, 0.2) is 18.2 Å². The molecule has 1 amide bonds. The maximum Gasteiger partial charge on any atom is 0.263 e. The van der Waals surface area contributed by atoms with Crippen LogP contribution in [0.1, 0.15) is 23.5 Å². The first kappa shape index (κ1) is 12.8. The van der Waals surface area contributed by atoms with E-state index in [-0.39, 0.29) is 11.7 Å². The molecule has 0 atom stereocenters. The van der Waals surface area contributed by atoms with Crippen LogP contribution in [0.5, 0.6) is 0 Å². The Morgan fingerprint density at radius 2 is 2.22 bits per heavy atom. The van der Waals surface area contributed by atoms with E-state index in [4.69, 9.17) is 5.73 Å². The van der Waals surface area contributed by atoms with Crippen molar-refractivity contribution < 1.29 is 9.18 Å². The molecule has 3 nitrogen and oxygen atoms in total. The molecule has 0 radical (unpaired) electrons. The fraction of sp³-hybridized carbons (Fsp3) is 0.308. The molecule has 1 heterocycles. The topological polar surface area (TPSA) is 55.1 Å². The number of carbonyl (C=O) groups is 1. The van der Waals surface area contributed by atoms with Gasteiger partial charge in [-0.2, -0.15) is 0 Å². The molecule has 96 valence electrons. The van der Waals surface area contributed by atoms with Crippen LogP contribution in [-0.2, 0) is 0 Å². The Balaban J connectivity index is 2.34. The Morgan fingerprint density at radius 3 is 2.89 bits per heavy atom. The van der Waals surface area contributed by atoms with Crippen LogP contribution in [0.3, 0.4) is 0 Å². The summed E-state index contributed by atoms with van der Waals surface area (Å²) in [4.78, 5) is 12.4. The van der Waals surface area contributed by atoms with Crippen LogP contribution >= 0.6 is 11.3 Å². The van der Waals surface area contributed by atoms with Gasteiger partial charge in [0.2, 0.25) is 0 Å². The minimum absolute atomic E-state index is 0.192. The highest BCUT2D eigenvalue weighted by Gasteiger charge is 2.16. The minimum Gasteiger partial charge on any atom is -0.397 e. The van der Waals surface area contributed by atoms with Gasteiger partial charge in [0.05, 0.1) is 5.69 Å². The minimum atomic E-state index is -0.346. The SMILES string of the molecule is CC(C)CNC(=O)c1sc2ccc(F)cc2c1N. The summed E-state index contributed by atoms with van der Waals surface area (Å²) in [6.07, 6.45) is 0. The molecule has 0 saturated heterocycles. The average Bonchev–Trinajstić information content (AvgIpc) is 2.64. The molecule has 0 spiro atoms. The second kappa shape index (κ2) is 4.94. The summed E-state index contributed by atoms with van der Waals surface area (Å²) in [6.45, 7) is 4.63. The maximum atomic E-state index is 13.1. The number of fused-ring (bicyclic) bond motifs is 1. The smallest absolute Gasteiger partial charge is 0.263 e. The third-order valence-corrected chi connectivity index (χ3v) is 3.75. The quantitative estimate of drug-likeness (QED) is 0.897. The van der Waals surface area contributed by atoms with Crippen LogP contribution < -0.4 is 11.1 Å². The largest absolute Gasteiger partial charge is 0.397 e. The molecule has 0 aliphatic rings. The van der Waals surface area contributed by atoms with Crippen LogP contribution in [-0.4, -0.2) is 12.5 Å². The molecule has 0 aliphatic carbocycles. The van der Waals surface area contributed by atoms with Gasteiger partial charge in [0.25, 0.3) is 5.91 Å². The molecule has 0 aliphatic heterocycles. The molecule has 0 bridgehead atoms. The number of thiophene rings is 1. The molecular formula is C13H15FN2OS. The predicted molar refractivity (Wildman–Crippen MR) is 73.4 cm³/mol. The van der Waals surface area contributed by atoms with E-state index in [1.807, 2.05) is 13.8 Å². The maximum absolute atomic E-state index is 13.1. The number of nitrogens with two attached hydrogens (primary N) is 1. The van der Waals surface area contributed by atoms with Crippen molar-refractivity contribution in [3.63, 3.8) is 0 Å². The molecular weight excluding hydrogens is 251 g/mol. The van der Waals surface area contributed by atoms with Crippen LogP contribution in [0.4, 0.5) is 10.1 Å². The van der Waals surface area contributed by atoms with Gasteiger partial charge in [-0.1, -0.05) is 13.8 Å². The molecule has 2 rings (SSSR count). The lowest BCUT2D eigenvalue weighted by molar-refractivity contribution is 0.0954. The first-order valence-corrected chi connectivity index (χ1v) is 6.56. The molecule has 0 unspecified atom stereocenters. The van der Waals surface area contributed by atoms with Crippen molar-refractivity contribution in [1.82, 2.24) is 5.32 Å². The zero-order valence-corrected chi connectivity index (χ0v) is 11.1. The summed E-state index contributed by atoms with van der Waals surface area (Å²) >= 11 is 1.29.